The lowest BCUT2D eigenvalue weighted by molar-refractivity contribution is -0.119. The van der Waals surface area contributed by atoms with Gasteiger partial charge >= 0.3 is 0 Å². The maximum atomic E-state index is 12.9. The summed E-state index contributed by atoms with van der Waals surface area (Å²) in [5, 5.41) is 5.78. The van der Waals surface area contributed by atoms with Gasteiger partial charge in [-0.3, -0.25) is 14.4 Å². The molecule has 0 aliphatic carbocycles. The van der Waals surface area contributed by atoms with Gasteiger partial charge in [-0.2, -0.15) is 0 Å². The molecule has 6 heteroatoms. The quantitative estimate of drug-likeness (QED) is 0.818. The number of amides is 3. The summed E-state index contributed by atoms with van der Waals surface area (Å²) < 4.78 is 0. The average Bonchev–Trinajstić information content (AvgIpc) is 3.09. The third-order valence-electron chi connectivity index (χ3n) is 5.25. The van der Waals surface area contributed by atoms with E-state index < -0.39 is 6.04 Å². The smallest absolute Gasteiger partial charge is 0.252 e. The number of fused-ring (bicyclic) bond motifs is 1. The number of carbonyl (C=O) groups is 3. The summed E-state index contributed by atoms with van der Waals surface area (Å²) in [7, 11) is 0. The first-order valence-corrected chi connectivity index (χ1v) is 9.86. The summed E-state index contributed by atoms with van der Waals surface area (Å²) in [5.41, 5.74) is 4.01. The molecule has 6 nitrogen and oxygen atoms in total. The Morgan fingerprint density at radius 1 is 1.07 bits per heavy atom. The highest BCUT2D eigenvalue weighted by molar-refractivity contribution is 6.02. The molecule has 0 fully saturated rings. The maximum Gasteiger partial charge on any atom is 0.252 e. The van der Waals surface area contributed by atoms with Crippen molar-refractivity contribution in [3.63, 3.8) is 0 Å². The first-order valence-electron chi connectivity index (χ1n) is 9.86. The third kappa shape index (κ3) is 4.47. The minimum absolute atomic E-state index is 0.0133. The van der Waals surface area contributed by atoms with E-state index in [4.69, 9.17) is 0 Å². The molecule has 152 valence electrons. The van der Waals surface area contributed by atoms with Gasteiger partial charge < -0.3 is 15.5 Å². The van der Waals surface area contributed by atoms with E-state index in [1.54, 1.807) is 30.0 Å². The number of carbonyl (C=O) groups excluding carboxylic acids is 3. The van der Waals surface area contributed by atoms with E-state index in [1.807, 2.05) is 45.0 Å². The molecule has 2 N–H and O–H groups in total. The number of rotatable bonds is 5. The molecule has 0 saturated carbocycles. The van der Waals surface area contributed by atoms with Crippen LogP contribution in [0.2, 0.25) is 0 Å². The summed E-state index contributed by atoms with van der Waals surface area (Å²) in [6, 6.07) is 12.2. The number of hydrogen-bond donors (Lipinski definition) is 2. The molecule has 29 heavy (non-hydrogen) atoms. The Morgan fingerprint density at radius 3 is 2.45 bits per heavy atom. The van der Waals surface area contributed by atoms with Gasteiger partial charge in [0.2, 0.25) is 11.8 Å². The fourth-order valence-electron chi connectivity index (χ4n) is 3.61. The number of hydrogen-bond acceptors (Lipinski definition) is 3. The van der Waals surface area contributed by atoms with Crippen LogP contribution >= 0.6 is 0 Å². The van der Waals surface area contributed by atoms with Crippen LogP contribution in [-0.2, 0) is 16.0 Å². The molecule has 2 aromatic carbocycles. The van der Waals surface area contributed by atoms with Gasteiger partial charge in [0.25, 0.3) is 5.91 Å². The second kappa shape index (κ2) is 8.47. The van der Waals surface area contributed by atoms with Crippen molar-refractivity contribution in [2.45, 2.75) is 40.2 Å². The highest BCUT2D eigenvalue weighted by atomic mass is 16.2. The molecule has 0 spiro atoms. The molecule has 0 saturated heterocycles. The third-order valence-corrected chi connectivity index (χ3v) is 5.25. The molecule has 1 heterocycles. The molecule has 2 aromatic rings. The Labute approximate surface area is 171 Å². The Morgan fingerprint density at radius 2 is 1.79 bits per heavy atom. The number of aryl methyl sites for hydroxylation is 1. The largest absolute Gasteiger partial charge is 0.340 e. The molecule has 1 aliphatic heterocycles. The van der Waals surface area contributed by atoms with Gasteiger partial charge in [0.05, 0.1) is 0 Å². The van der Waals surface area contributed by atoms with Gasteiger partial charge in [-0.15, -0.1) is 0 Å². The molecule has 0 aromatic heterocycles. The molecule has 0 bridgehead atoms. The highest BCUT2D eigenvalue weighted by Crippen LogP contribution is 2.30. The summed E-state index contributed by atoms with van der Waals surface area (Å²) in [6.45, 7) is 7.87. The van der Waals surface area contributed by atoms with Crippen molar-refractivity contribution in [3.05, 3.63) is 59.2 Å². The van der Waals surface area contributed by atoms with Gasteiger partial charge in [0, 0.05) is 30.4 Å². The summed E-state index contributed by atoms with van der Waals surface area (Å²) in [5.74, 6) is -0.587. The number of nitrogens with zero attached hydrogens (tertiary/aromatic N) is 1. The van der Waals surface area contributed by atoms with E-state index in [-0.39, 0.29) is 23.6 Å². The van der Waals surface area contributed by atoms with Crippen LogP contribution in [0.4, 0.5) is 11.4 Å². The van der Waals surface area contributed by atoms with Crippen LogP contribution in [0.5, 0.6) is 0 Å². The lowest BCUT2D eigenvalue weighted by atomic mass is 10.0. The van der Waals surface area contributed by atoms with Crippen LogP contribution in [-0.4, -0.2) is 30.3 Å². The van der Waals surface area contributed by atoms with E-state index in [0.29, 0.717) is 17.8 Å². The normalized spacial score (nSPS) is 13.8. The minimum Gasteiger partial charge on any atom is -0.340 e. The molecular weight excluding hydrogens is 366 g/mol. The summed E-state index contributed by atoms with van der Waals surface area (Å²) in [4.78, 5) is 39.0. The van der Waals surface area contributed by atoms with Crippen LogP contribution in [0.15, 0.2) is 42.5 Å². The Bertz CT molecular complexity index is 952. The predicted octanol–water partition coefficient (Wildman–Crippen LogP) is 3.30. The first-order chi connectivity index (χ1) is 13.8. The molecule has 3 rings (SSSR count). The second-order valence-electron chi connectivity index (χ2n) is 7.76. The SMILES string of the molecule is CC(=O)N1CCc2cc(NC(=O)C(NC(=O)c3ccccc3C)C(C)C)ccc21. The van der Waals surface area contributed by atoms with Crippen molar-refractivity contribution in [1.29, 1.82) is 0 Å². The molecule has 1 aliphatic rings. The van der Waals surface area contributed by atoms with Gasteiger partial charge in [0.1, 0.15) is 6.04 Å². The summed E-state index contributed by atoms with van der Waals surface area (Å²) in [6.07, 6.45) is 0.760. The maximum absolute atomic E-state index is 12.9. The van der Waals surface area contributed by atoms with Crippen molar-refractivity contribution in [3.8, 4) is 0 Å². The van der Waals surface area contributed by atoms with E-state index in [2.05, 4.69) is 10.6 Å². The Kier molecular flexibility index (Phi) is 6.01. The van der Waals surface area contributed by atoms with Crippen molar-refractivity contribution in [2.24, 2.45) is 5.92 Å². The van der Waals surface area contributed by atoms with Crippen LogP contribution in [0.1, 0.15) is 42.3 Å². The topological polar surface area (TPSA) is 78.5 Å². The summed E-state index contributed by atoms with van der Waals surface area (Å²) >= 11 is 0. The zero-order chi connectivity index (χ0) is 21.1. The fraction of sp³-hybridized carbons (Fsp3) is 0.348. The van der Waals surface area contributed by atoms with Gasteiger partial charge in [-0.1, -0.05) is 32.0 Å². The van der Waals surface area contributed by atoms with Crippen LogP contribution < -0.4 is 15.5 Å². The average molecular weight is 393 g/mol. The Balaban J connectivity index is 1.73. The van der Waals surface area contributed by atoms with Crippen molar-refractivity contribution in [1.82, 2.24) is 5.32 Å². The number of anilines is 2. The molecule has 3 amide bonds. The first kappa shape index (κ1) is 20.6. The van der Waals surface area contributed by atoms with Crippen molar-refractivity contribution in [2.75, 3.05) is 16.8 Å². The predicted molar refractivity (Wildman–Crippen MR) is 114 cm³/mol. The zero-order valence-electron chi connectivity index (χ0n) is 17.3. The molecule has 0 radical (unpaired) electrons. The highest BCUT2D eigenvalue weighted by Gasteiger charge is 2.26. The van der Waals surface area contributed by atoms with Crippen LogP contribution in [0, 0.1) is 12.8 Å². The molecule has 1 unspecified atom stereocenters. The van der Waals surface area contributed by atoms with E-state index in [1.165, 1.54) is 0 Å². The lowest BCUT2D eigenvalue weighted by Crippen LogP contribution is -2.47. The number of nitrogens with one attached hydrogen (secondary N) is 2. The monoisotopic (exact) mass is 393 g/mol. The molecule has 1 atom stereocenters. The molecular formula is C23H27N3O3. The zero-order valence-corrected chi connectivity index (χ0v) is 17.3. The Hall–Kier alpha value is -3.15. The number of benzene rings is 2. The lowest BCUT2D eigenvalue weighted by Gasteiger charge is -2.22. The van der Waals surface area contributed by atoms with E-state index in [9.17, 15) is 14.4 Å². The van der Waals surface area contributed by atoms with E-state index in [0.717, 1.165) is 23.2 Å². The van der Waals surface area contributed by atoms with Gasteiger partial charge in [-0.05, 0) is 54.7 Å². The minimum atomic E-state index is -0.663. The second-order valence-corrected chi connectivity index (χ2v) is 7.76. The van der Waals surface area contributed by atoms with Crippen LogP contribution in [0.25, 0.3) is 0 Å². The van der Waals surface area contributed by atoms with Crippen molar-refractivity contribution < 1.29 is 14.4 Å². The van der Waals surface area contributed by atoms with Gasteiger partial charge in [-0.25, -0.2) is 0 Å². The van der Waals surface area contributed by atoms with Gasteiger partial charge in [0.15, 0.2) is 0 Å². The fourth-order valence-corrected chi connectivity index (χ4v) is 3.61. The van der Waals surface area contributed by atoms with E-state index >= 15 is 0 Å². The standard InChI is InChI=1S/C23H27N3O3/c1-14(2)21(25-22(28)19-8-6-5-7-15(19)3)23(29)24-18-9-10-20-17(13-18)11-12-26(20)16(4)27/h5-10,13-14,21H,11-12H2,1-4H3,(H,24,29)(H,25,28). The van der Waals surface area contributed by atoms with Crippen LogP contribution in [0.3, 0.4) is 0 Å². The van der Waals surface area contributed by atoms with Crippen molar-refractivity contribution >= 4 is 29.1 Å².